The van der Waals surface area contributed by atoms with Crippen LogP contribution in [0.25, 0.3) is 0 Å². The van der Waals surface area contributed by atoms with Crippen LogP contribution in [-0.2, 0) is 9.84 Å². The summed E-state index contributed by atoms with van der Waals surface area (Å²) < 4.78 is 37.5. The fourth-order valence-corrected chi connectivity index (χ4v) is 4.67. The number of halogens is 1. The molecule has 1 N–H and O–H groups in total. The molecule has 0 saturated heterocycles. The molecule has 146 valence electrons. The highest BCUT2D eigenvalue weighted by Gasteiger charge is 2.32. The van der Waals surface area contributed by atoms with Crippen LogP contribution < -0.4 is 10.1 Å². The highest BCUT2D eigenvalue weighted by molar-refractivity contribution is 9.10. The van der Waals surface area contributed by atoms with E-state index in [9.17, 15) is 13.2 Å². The molecule has 0 aliphatic heterocycles. The minimum atomic E-state index is -3.81. The zero-order valence-electron chi connectivity index (χ0n) is 15.0. The Morgan fingerprint density at radius 1 is 1.14 bits per heavy atom. The summed E-state index contributed by atoms with van der Waals surface area (Å²) in [4.78, 5) is 12.6. The minimum Gasteiger partial charge on any atom is -0.497 e. The van der Waals surface area contributed by atoms with E-state index in [0.29, 0.717) is 11.3 Å². The maximum Gasteiger partial charge on any atom is 0.251 e. The molecule has 1 aromatic heterocycles. The predicted molar refractivity (Wildman–Crippen MR) is 108 cm³/mol. The number of carbonyl (C=O) groups is 1. The van der Waals surface area contributed by atoms with E-state index in [-0.39, 0.29) is 23.1 Å². The molecule has 1 atom stereocenters. The highest BCUT2D eigenvalue weighted by atomic mass is 79.9. The summed E-state index contributed by atoms with van der Waals surface area (Å²) in [6.07, 6.45) is 1.40. The van der Waals surface area contributed by atoms with Crippen molar-refractivity contribution in [3.63, 3.8) is 0 Å². The molecule has 8 heteroatoms. The molecule has 2 aromatic carbocycles. The molecule has 3 aromatic rings. The Hall–Kier alpha value is -2.58. The van der Waals surface area contributed by atoms with E-state index < -0.39 is 15.1 Å². The molecule has 0 spiro atoms. The number of ether oxygens (including phenoxy) is 1. The molecule has 0 saturated carbocycles. The first-order valence-corrected chi connectivity index (χ1v) is 10.7. The van der Waals surface area contributed by atoms with Gasteiger partial charge in [-0.1, -0.05) is 22.0 Å². The standard InChI is InChI=1S/C20H18BrNO5S/c1-26-16-7-9-17(10-8-16)28(24,25)19(18-6-3-11-27-18)13-22-20(23)14-4-2-5-15(21)12-14/h2-12,19H,13H2,1H3,(H,22,23)/t19-/m0/s1. The van der Waals surface area contributed by atoms with Crippen molar-refractivity contribution >= 4 is 31.7 Å². The summed E-state index contributed by atoms with van der Waals surface area (Å²) in [7, 11) is -2.30. The second-order valence-electron chi connectivity index (χ2n) is 5.94. The van der Waals surface area contributed by atoms with Crippen LogP contribution in [0.2, 0.25) is 0 Å². The van der Waals surface area contributed by atoms with E-state index in [0.717, 1.165) is 4.47 Å². The largest absolute Gasteiger partial charge is 0.497 e. The zero-order chi connectivity index (χ0) is 20.1. The van der Waals surface area contributed by atoms with Crippen LogP contribution >= 0.6 is 15.9 Å². The summed E-state index contributed by atoms with van der Waals surface area (Å²) in [6, 6.07) is 16.1. The smallest absolute Gasteiger partial charge is 0.251 e. The summed E-state index contributed by atoms with van der Waals surface area (Å²) >= 11 is 3.31. The van der Waals surface area contributed by atoms with Gasteiger partial charge in [0.1, 0.15) is 16.8 Å². The molecule has 3 rings (SSSR count). The molecule has 28 heavy (non-hydrogen) atoms. The topological polar surface area (TPSA) is 85.6 Å². The molecule has 1 amide bonds. The van der Waals surface area contributed by atoms with Crippen molar-refractivity contribution in [2.75, 3.05) is 13.7 Å². The van der Waals surface area contributed by atoms with Crippen LogP contribution in [0.4, 0.5) is 0 Å². The van der Waals surface area contributed by atoms with Gasteiger partial charge in [0.15, 0.2) is 9.84 Å². The number of methoxy groups -OCH3 is 1. The van der Waals surface area contributed by atoms with Crippen LogP contribution in [0, 0.1) is 0 Å². The van der Waals surface area contributed by atoms with Gasteiger partial charge in [-0.3, -0.25) is 4.79 Å². The number of sulfone groups is 1. The number of hydrogen-bond acceptors (Lipinski definition) is 5. The predicted octanol–water partition coefficient (Wildman–Crippen LogP) is 4.00. The van der Waals surface area contributed by atoms with Crippen molar-refractivity contribution in [3.8, 4) is 5.75 Å². The lowest BCUT2D eigenvalue weighted by Crippen LogP contribution is -2.31. The molecule has 6 nitrogen and oxygen atoms in total. The van der Waals surface area contributed by atoms with E-state index in [4.69, 9.17) is 9.15 Å². The van der Waals surface area contributed by atoms with Gasteiger partial charge in [0.25, 0.3) is 5.91 Å². The lowest BCUT2D eigenvalue weighted by Gasteiger charge is -2.17. The molecule has 0 aliphatic rings. The number of rotatable bonds is 7. The third kappa shape index (κ3) is 4.45. The van der Waals surface area contributed by atoms with Gasteiger partial charge < -0.3 is 14.5 Å². The summed E-state index contributed by atoms with van der Waals surface area (Å²) in [5, 5.41) is 1.63. The highest BCUT2D eigenvalue weighted by Crippen LogP contribution is 2.30. The zero-order valence-corrected chi connectivity index (χ0v) is 17.4. The number of hydrogen-bond donors (Lipinski definition) is 1. The van der Waals surface area contributed by atoms with Gasteiger partial charge in [-0.05, 0) is 54.6 Å². The Labute approximate surface area is 171 Å². The van der Waals surface area contributed by atoms with Crippen molar-refractivity contribution < 1.29 is 22.4 Å². The quantitative estimate of drug-likeness (QED) is 0.572. The van der Waals surface area contributed by atoms with Gasteiger partial charge in [0.2, 0.25) is 0 Å². The van der Waals surface area contributed by atoms with E-state index in [1.54, 1.807) is 48.5 Å². The average Bonchev–Trinajstić information content (AvgIpc) is 3.22. The van der Waals surface area contributed by atoms with Crippen LogP contribution in [-0.4, -0.2) is 28.0 Å². The van der Waals surface area contributed by atoms with Crippen molar-refractivity contribution in [2.24, 2.45) is 0 Å². The van der Waals surface area contributed by atoms with Gasteiger partial charge in [-0.25, -0.2) is 8.42 Å². The number of carbonyl (C=O) groups excluding carboxylic acids is 1. The van der Waals surface area contributed by atoms with E-state index in [2.05, 4.69) is 21.2 Å². The molecular formula is C20H18BrNO5S. The second-order valence-corrected chi connectivity index (χ2v) is 8.99. The summed E-state index contributed by atoms with van der Waals surface area (Å²) in [6.45, 7) is -0.132. The molecular weight excluding hydrogens is 446 g/mol. The van der Waals surface area contributed by atoms with Crippen molar-refractivity contribution in [1.82, 2.24) is 5.32 Å². The number of nitrogens with one attached hydrogen (secondary N) is 1. The third-order valence-corrected chi connectivity index (χ3v) is 6.73. The fraction of sp³-hybridized carbons (Fsp3) is 0.150. The normalized spacial score (nSPS) is 12.4. The van der Waals surface area contributed by atoms with Crippen molar-refractivity contribution in [3.05, 3.63) is 82.7 Å². The first-order chi connectivity index (χ1) is 13.4. The molecule has 0 bridgehead atoms. The maximum atomic E-state index is 13.2. The number of furan rings is 1. The first-order valence-electron chi connectivity index (χ1n) is 8.37. The van der Waals surface area contributed by atoms with Crippen molar-refractivity contribution in [1.29, 1.82) is 0 Å². The summed E-state index contributed by atoms with van der Waals surface area (Å²) in [5.74, 6) is 0.435. The SMILES string of the molecule is COc1ccc(S(=O)(=O)[C@@H](CNC(=O)c2cccc(Br)c2)c2ccco2)cc1. The van der Waals surface area contributed by atoms with Gasteiger partial charge in [0, 0.05) is 16.6 Å². The van der Waals surface area contributed by atoms with Gasteiger partial charge in [0.05, 0.1) is 18.3 Å². The third-order valence-electron chi connectivity index (χ3n) is 4.16. The number of amides is 1. The Morgan fingerprint density at radius 2 is 1.89 bits per heavy atom. The Kier molecular flexibility index (Phi) is 6.21. The molecule has 0 fully saturated rings. The van der Waals surface area contributed by atoms with Crippen LogP contribution in [0.1, 0.15) is 21.4 Å². The van der Waals surface area contributed by atoms with E-state index in [1.807, 2.05) is 0 Å². The molecule has 0 radical (unpaired) electrons. The molecule has 1 heterocycles. The van der Waals surface area contributed by atoms with Crippen LogP contribution in [0.5, 0.6) is 5.75 Å². The van der Waals surface area contributed by atoms with Gasteiger partial charge in [-0.15, -0.1) is 0 Å². The molecule has 0 unspecified atom stereocenters. The lowest BCUT2D eigenvalue weighted by molar-refractivity contribution is 0.0953. The van der Waals surface area contributed by atoms with E-state index >= 15 is 0 Å². The average molecular weight is 464 g/mol. The van der Waals surface area contributed by atoms with Crippen molar-refractivity contribution in [2.45, 2.75) is 10.1 Å². The van der Waals surface area contributed by atoms with E-state index in [1.165, 1.54) is 25.5 Å². The second kappa shape index (κ2) is 8.62. The molecule has 0 aliphatic carbocycles. The first kappa shape index (κ1) is 20.2. The van der Waals surface area contributed by atoms with Crippen LogP contribution in [0.15, 0.2) is 80.7 Å². The number of benzene rings is 2. The lowest BCUT2D eigenvalue weighted by atomic mass is 10.2. The van der Waals surface area contributed by atoms with Gasteiger partial charge in [-0.2, -0.15) is 0 Å². The van der Waals surface area contributed by atoms with Crippen LogP contribution in [0.3, 0.4) is 0 Å². The maximum absolute atomic E-state index is 13.2. The summed E-state index contributed by atoms with van der Waals surface area (Å²) in [5.41, 5.74) is 0.425. The Bertz CT molecular complexity index is 1050. The fourth-order valence-electron chi connectivity index (χ4n) is 2.68. The minimum absolute atomic E-state index is 0.117. The Morgan fingerprint density at radius 3 is 2.50 bits per heavy atom. The monoisotopic (exact) mass is 463 g/mol. The van der Waals surface area contributed by atoms with Gasteiger partial charge >= 0.3 is 0 Å². The Balaban J connectivity index is 1.86.